The summed E-state index contributed by atoms with van der Waals surface area (Å²) in [5.41, 5.74) is 5.42. The molecule has 8 nitrogen and oxygen atoms in total. The molecule has 0 amide bonds. The summed E-state index contributed by atoms with van der Waals surface area (Å²) < 4.78 is 26.3. The number of benzene rings is 6. The average Bonchev–Trinajstić information content (AvgIpc) is 4.10. The van der Waals surface area contributed by atoms with Crippen molar-refractivity contribution in [3.63, 3.8) is 0 Å². The van der Waals surface area contributed by atoms with Crippen LogP contribution in [-0.2, 0) is 0 Å². The van der Waals surface area contributed by atoms with Crippen LogP contribution in [0.25, 0.3) is 40.3 Å². The normalized spacial score (nSPS) is 11.5. The molecule has 0 aliphatic heterocycles. The predicted molar refractivity (Wildman–Crippen MR) is 307 cm³/mol. The third kappa shape index (κ3) is 10.7. The second-order valence-corrected chi connectivity index (χ2v) is 39.1. The van der Waals surface area contributed by atoms with Gasteiger partial charge in [0.1, 0.15) is 11.5 Å². The number of thiophene rings is 4. The maximum atomic E-state index is 13.9. The van der Waals surface area contributed by atoms with Gasteiger partial charge in [-0.2, -0.15) is 0 Å². The summed E-state index contributed by atoms with van der Waals surface area (Å²) in [6.07, 6.45) is 0. The first-order valence-electron chi connectivity index (χ1n) is 22.5. The van der Waals surface area contributed by atoms with E-state index in [9.17, 15) is 19.2 Å². The van der Waals surface area contributed by atoms with Crippen molar-refractivity contribution in [3.05, 3.63) is 177 Å². The van der Waals surface area contributed by atoms with Gasteiger partial charge >= 0.3 is 263 Å². The van der Waals surface area contributed by atoms with E-state index in [1.807, 2.05) is 83.1 Å². The van der Waals surface area contributed by atoms with E-state index in [4.69, 9.17) is 65.4 Å². The minimum absolute atomic E-state index is 0.278. The topological polar surface area (TPSA) is 105 Å². The summed E-state index contributed by atoms with van der Waals surface area (Å²) in [5.74, 6) is -0.553. The number of ether oxygens (including phenoxy) is 4. The number of rotatable bonds is 9. The number of esters is 4. The van der Waals surface area contributed by atoms with Crippen LogP contribution in [0.5, 0.6) is 23.0 Å². The smallest absolute Gasteiger partial charge is 0.345 e. The van der Waals surface area contributed by atoms with Gasteiger partial charge in [0.05, 0.1) is 30.6 Å². The molecule has 0 radical (unpaired) electrons. The SMILES string of the molecule is Cc1ccc(OC(=O)c2c3s[c]([Sn]([CH3])([CH3])[CH3])c(Cl)c3c(C(=O)Oc3ccc(C)cc3)c3sc(C)c(Cl)c23)cc1.Cc1ccc(OC(=O)c2c3scc(Cl)c3c(C(=O)Oc3ccc(C)cc3)c3scc(Cl)c23)cc1. The predicted octanol–water partition coefficient (Wildman–Crippen LogP) is 17.8. The van der Waals surface area contributed by atoms with E-state index in [0.717, 1.165) is 30.0 Å². The van der Waals surface area contributed by atoms with Gasteiger partial charge in [0, 0.05) is 21.5 Å². The van der Waals surface area contributed by atoms with Crippen LogP contribution in [0.15, 0.2) is 108 Å². The Labute approximate surface area is 460 Å². The molecular weight excluding hydrogens is 1190 g/mol. The number of carbonyl (C=O) groups excluding carboxylic acids is 4. The quantitative estimate of drug-likeness (QED) is 0.0799. The van der Waals surface area contributed by atoms with Crippen molar-refractivity contribution >= 4 is 177 Å². The fourth-order valence-corrected chi connectivity index (χ4v) is 21.5. The second-order valence-electron chi connectivity index (χ2n) is 18.3. The number of hydrogen-bond acceptors (Lipinski definition) is 12. The molecule has 0 saturated carbocycles. The molecule has 0 spiro atoms. The fourth-order valence-electron chi connectivity index (χ4n) is 8.02. The van der Waals surface area contributed by atoms with E-state index in [0.29, 0.717) is 94.6 Å². The molecule has 73 heavy (non-hydrogen) atoms. The molecule has 17 heteroatoms. The average molecular weight is 1230 g/mol. The summed E-state index contributed by atoms with van der Waals surface area (Å²) in [6.45, 7) is 9.70. The van der Waals surface area contributed by atoms with Gasteiger partial charge in [-0.1, -0.05) is 58.6 Å². The minimum Gasteiger partial charge on any atom is -0.423 e. The Morgan fingerprint density at radius 1 is 0.397 bits per heavy atom. The van der Waals surface area contributed by atoms with Crippen LogP contribution in [0, 0.1) is 34.6 Å². The van der Waals surface area contributed by atoms with E-state index in [1.54, 1.807) is 59.3 Å². The molecule has 0 fully saturated rings. The Bertz CT molecular complexity index is 3650. The molecule has 370 valence electrons. The van der Waals surface area contributed by atoms with E-state index in [1.165, 1.54) is 45.3 Å². The van der Waals surface area contributed by atoms with Gasteiger partial charge in [0.25, 0.3) is 0 Å². The zero-order chi connectivity index (χ0) is 52.2. The Morgan fingerprint density at radius 3 is 1.00 bits per heavy atom. The summed E-state index contributed by atoms with van der Waals surface area (Å²) in [6, 6.07) is 28.9. The van der Waals surface area contributed by atoms with Crippen molar-refractivity contribution in [2.75, 3.05) is 0 Å². The maximum absolute atomic E-state index is 13.9. The summed E-state index contributed by atoms with van der Waals surface area (Å²) in [5, 5.41) is 6.94. The van der Waals surface area contributed by atoms with Crippen molar-refractivity contribution in [3.8, 4) is 23.0 Å². The zero-order valence-corrected chi connectivity index (χ0v) is 49.4. The van der Waals surface area contributed by atoms with E-state index < -0.39 is 42.3 Å². The number of carbonyl (C=O) groups is 4. The van der Waals surface area contributed by atoms with Crippen molar-refractivity contribution < 1.29 is 38.1 Å². The molecule has 4 heterocycles. The van der Waals surface area contributed by atoms with E-state index >= 15 is 0 Å². The molecule has 0 aliphatic rings. The van der Waals surface area contributed by atoms with Crippen molar-refractivity contribution in [1.82, 2.24) is 0 Å². The number of aryl methyl sites for hydroxylation is 5. The maximum Gasteiger partial charge on any atom is 0.345 e. The molecule has 6 aromatic carbocycles. The molecular formula is C56H42Cl4O8S4Sn. The van der Waals surface area contributed by atoms with Gasteiger partial charge < -0.3 is 9.47 Å². The molecule has 10 aromatic rings. The van der Waals surface area contributed by atoms with Crippen LogP contribution in [0.1, 0.15) is 68.6 Å². The van der Waals surface area contributed by atoms with Gasteiger partial charge in [-0.3, -0.25) is 0 Å². The first-order chi connectivity index (χ1) is 34.7. The minimum atomic E-state index is -2.79. The van der Waals surface area contributed by atoms with Crippen LogP contribution in [0.2, 0.25) is 34.9 Å². The fraction of sp³-hybridized carbons (Fsp3) is 0.143. The van der Waals surface area contributed by atoms with Crippen LogP contribution in [0.4, 0.5) is 0 Å². The van der Waals surface area contributed by atoms with Gasteiger partial charge in [-0.05, 0) is 38.1 Å². The number of hydrogen-bond donors (Lipinski definition) is 0. The van der Waals surface area contributed by atoms with Crippen LogP contribution >= 0.6 is 91.8 Å². The molecule has 0 bridgehead atoms. The molecule has 4 aromatic heterocycles. The van der Waals surface area contributed by atoms with Crippen LogP contribution < -0.4 is 21.8 Å². The van der Waals surface area contributed by atoms with E-state index in [2.05, 4.69) is 14.8 Å². The van der Waals surface area contributed by atoms with Crippen molar-refractivity contribution in [2.24, 2.45) is 0 Å². The molecule has 0 N–H and O–H groups in total. The van der Waals surface area contributed by atoms with Crippen LogP contribution in [0.3, 0.4) is 0 Å². The van der Waals surface area contributed by atoms with Crippen molar-refractivity contribution in [1.29, 1.82) is 0 Å². The Balaban J connectivity index is 0.000000181. The monoisotopic (exact) mass is 1230 g/mol. The first kappa shape index (κ1) is 52.8. The molecule has 10 rings (SSSR count). The van der Waals surface area contributed by atoms with E-state index in [-0.39, 0.29) is 11.1 Å². The van der Waals surface area contributed by atoms with Crippen LogP contribution in [-0.4, -0.2) is 42.3 Å². The Hall–Kier alpha value is -5.00. The summed E-state index contributed by atoms with van der Waals surface area (Å²) in [7, 11) is 0. The summed E-state index contributed by atoms with van der Waals surface area (Å²) >= 11 is 29.5. The first-order valence-corrected chi connectivity index (χ1v) is 37.4. The Kier molecular flexibility index (Phi) is 15.4. The zero-order valence-electron chi connectivity index (χ0n) is 40.3. The molecule has 0 saturated heterocycles. The third-order valence-electron chi connectivity index (χ3n) is 11.7. The largest absolute Gasteiger partial charge is 0.423 e. The summed E-state index contributed by atoms with van der Waals surface area (Å²) in [4.78, 5) is 62.0. The van der Waals surface area contributed by atoms with Gasteiger partial charge in [0.15, 0.2) is 0 Å². The van der Waals surface area contributed by atoms with Gasteiger partial charge in [-0.25, -0.2) is 9.59 Å². The standard InChI is InChI=1S/C27H17Cl2O4S2.C26H16Cl2O4S2.3CH3.Sn/c1-13-4-8-16(9-5-13)32-26(30)21-19-18(28)12-34-24(19)22(20-23(29)15(3)35-25(20)21)27(31)33-17-10-6-14(2)7-11-17;1-13-3-7-15(8-4-13)31-25(29)21-19-17(27)11-34-24(19)22(20-18(28)12-33-23(20)21)26(30)32-16-9-5-14(2)6-10-16;;;;/h4-11H,1-3H3;3-12H,1-2H3;3*1H3;. The molecule has 0 aliphatic carbocycles. The number of fused-ring (bicyclic) bond motifs is 4. The second kappa shape index (κ2) is 21.3. The van der Waals surface area contributed by atoms with Crippen molar-refractivity contribution in [2.45, 2.75) is 49.4 Å². The third-order valence-corrected chi connectivity index (χ3v) is 27.8. The molecule has 0 unspecified atom stereocenters. The van der Waals surface area contributed by atoms with Gasteiger partial charge in [0.2, 0.25) is 0 Å². The van der Waals surface area contributed by atoms with Gasteiger partial charge in [-0.15, -0.1) is 22.7 Å². The number of halogens is 4. The Morgan fingerprint density at radius 2 is 0.685 bits per heavy atom. The molecule has 0 atom stereocenters.